The third-order valence-corrected chi connectivity index (χ3v) is 3.80. The van der Waals surface area contributed by atoms with Crippen molar-refractivity contribution in [2.75, 3.05) is 20.3 Å². The van der Waals surface area contributed by atoms with Crippen LogP contribution < -0.4 is 5.32 Å². The lowest BCUT2D eigenvalue weighted by Crippen LogP contribution is -2.53. The molecule has 0 spiro atoms. The Morgan fingerprint density at radius 1 is 1.30 bits per heavy atom. The van der Waals surface area contributed by atoms with Gasteiger partial charge in [0, 0.05) is 12.6 Å². The van der Waals surface area contributed by atoms with Gasteiger partial charge in [0.2, 0.25) is 0 Å². The quantitative estimate of drug-likeness (QED) is 0.916. The summed E-state index contributed by atoms with van der Waals surface area (Å²) < 4.78 is 43.5. The molecular weight excluding hydrogens is 267 g/mol. The van der Waals surface area contributed by atoms with Crippen LogP contribution in [0.3, 0.4) is 0 Å². The molecule has 112 valence electrons. The smallest absolute Gasteiger partial charge is 0.383 e. The highest BCUT2D eigenvalue weighted by Crippen LogP contribution is 2.31. The molecule has 1 saturated heterocycles. The van der Waals surface area contributed by atoms with Crippen LogP contribution in [0, 0.1) is 0 Å². The van der Waals surface area contributed by atoms with Crippen LogP contribution in [0.2, 0.25) is 0 Å². The molecule has 20 heavy (non-hydrogen) atoms. The first kappa shape index (κ1) is 15.3. The summed E-state index contributed by atoms with van der Waals surface area (Å²) in [4.78, 5) is 0. The summed E-state index contributed by atoms with van der Waals surface area (Å²) in [5.74, 6) is 0. The highest BCUT2D eigenvalue weighted by atomic mass is 19.4. The zero-order chi connectivity index (χ0) is 14.6. The van der Waals surface area contributed by atoms with E-state index in [9.17, 15) is 13.2 Å². The summed E-state index contributed by atoms with van der Waals surface area (Å²) in [5, 5.41) is 3.43. The number of nitrogens with one attached hydrogen (secondary N) is 1. The van der Waals surface area contributed by atoms with Gasteiger partial charge in [-0.05, 0) is 37.4 Å². The molecule has 2 nitrogen and oxygen atoms in total. The van der Waals surface area contributed by atoms with Gasteiger partial charge in [0.1, 0.15) is 0 Å². The Bertz CT molecular complexity index is 433. The number of alkyl halides is 3. The molecular formula is C15H20F3NO. The van der Waals surface area contributed by atoms with Crippen molar-refractivity contribution in [2.45, 2.75) is 37.4 Å². The summed E-state index contributed by atoms with van der Waals surface area (Å²) in [6.45, 7) is 1.41. The predicted molar refractivity (Wildman–Crippen MR) is 71.6 cm³/mol. The van der Waals surface area contributed by atoms with Gasteiger partial charge in [-0.2, -0.15) is 13.2 Å². The van der Waals surface area contributed by atoms with Crippen molar-refractivity contribution in [3.63, 3.8) is 0 Å². The van der Waals surface area contributed by atoms with E-state index in [1.165, 1.54) is 12.1 Å². The van der Waals surface area contributed by atoms with Gasteiger partial charge in [0.15, 0.2) is 0 Å². The van der Waals surface area contributed by atoms with Gasteiger partial charge in [-0.1, -0.05) is 24.6 Å². The van der Waals surface area contributed by atoms with Gasteiger partial charge in [-0.15, -0.1) is 0 Å². The van der Waals surface area contributed by atoms with E-state index in [4.69, 9.17) is 4.74 Å². The van der Waals surface area contributed by atoms with E-state index in [0.717, 1.165) is 31.9 Å². The zero-order valence-electron chi connectivity index (χ0n) is 11.6. The molecule has 0 aliphatic carbocycles. The normalized spacial score (nSPS) is 23.8. The SMILES string of the molecule is COCC1(Cc2cccc(C(F)(F)F)c2)CCCCN1. The molecule has 1 aromatic carbocycles. The number of ether oxygens (including phenoxy) is 1. The maximum Gasteiger partial charge on any atom is 0.416 e. The fourth-order valence-corrected chi connectivity index (χ4v) is 2.88. The maximum absolute atomic E-state index is 12.7. The number of piperidine rings is 1. The second kappa shape index (κ2) is 6.14. The average molecular weight is 287 g/mol. The van der Waals surface area contributed by atoms with Crippen LogP contribution in [0.5, 0.6) is 0 Å². The topological polar surface area (TPSA) is 21.3 Å². The minimum atomic E-state index is -4.29. The van der Waals surface area contributed by atoms with Crippen LogP contribution in [-0.4, -0.2) is 25.8 Å². The van der Waals surface area contributed by atoms with Gasteiger partial charge in [0.05, 0.1) is 12.2 Å². The van der Waals surface area contributed by atoms with E-state index in [-0.39, 0.29) is 5.54 Å². The average Bonchev–Trinajstić information content (AvgIpc) is 2.39. The van der Waals surface area contributed by atoms with E-state index in [2.05, 4.69) is 5.32 Å². The molecule has 1 heterocycles. The van der Waals surface area contributed by atoms with Gasteiger partial charge in [-0.3, -0.25) is 0 Å². The molecule has 0 amide bonds. The molecule has 2 rings (SSSR count). The number of rotatable bonds is 4. The number of hydrogen-bond acceptors (Lipinski definition) is 2. The molecule has 5 heteroatoms. The van der Waals surface area contributed by atoms with E-state index in [1.54, 1.807) is 13.2 Å². The largest absolute Gasteiger partial charge is 0.416 e. The minimum absolute atomic E-state index is 0.239. The van der Waals surface area contributed by atoms with Crippen molar-refractivity contribution in [2.24, 2.45) is 0 Å². The first-order valence-electron chi connectivity index (χ1n) is 6.85. The maximum atomic E-state index is 12.7. The third kappa shape index (κ3) is 3.73. The zero-order valence-corrected chi connectivity index (χ0v) is 11.6. The molecule has 0 bridgehead atoms. The lowest BCUT2D eigenvalue weighted by molar-refractivity contribution is -0.137. The van der Waals surface area contributed by atoms with E-state index < -0.39 is 11.7 Å². The second-order valence-corrected chi connectivity index (χ2v) is 5.47. The van der Waals surface area contributed by atoms with Crippen LogP contribution in [0.15, 0.2) is 24.3 Å². The molecule has 0 aromatic heterocycles. The van der Waals surface area contributed by atoms with Crippen molar-refractivity contribution in [3.05, 3.63) is 35.4 Å². The Morgan fingerprint density at radius 3 is 2.70 bits per heavy atom. The molecule has 0 radical (unpaired) electrons. The number of benzene rings is 1. The summed E-state index contributed by atoms with van der Waals surface area (Å²) in [5.41, 5.74) is -0.123. The summed E-state index contributed by atoms with van der Waals surface area (Å²) in [7, 11) is 1.63. The molecule has 1 aromatic rings. The number of methoxy groups -OCH3 is 1. The molecule has 1 atom stereocenters. The van der Waals surface area contributed by atoms with Crippen molar-refractivity contribution in [3.8, 4) is 0 Å². The lowest BCUT2D eigenvalue weighted by atomic mass is 9.83. The van der Waals surface area contributed by atoms with Crippen molar-refractivity contribution < 1.29 is 17.9 Å². The Kier molecular flexibility index (Phi) is 4.70. The summed E-state index contributed by atoms with van der Waals surface area (Å²) >= 11 is 0. The van der Waals surface area contributed by atoms with Crippen molar-refractivity contribution in [1.29, 1.82) is 0 Å². The highest BCUT2D eigenvalue weighted by Gasteiger charge is 2.34. The molecule has 1 N–H and O–H groups in total. The predicted octanol–water partition coefficient (Wildman–Crippen LogP) is 3.41. The highest BCUT2D eigenvalue weighted by molar-refractivity contribution is 5.27. The van der Waals surface area contributed by atoms with E-state index in [1.807, 2.05) is 0 Å². The second-order valence-electron chi connectivity index (χ2n) is 5.47. The van der Waals surface area contributed by atoms with Gasteiger partial charge in [-0.25, -0.2) is 0 Å². The molecule has 0 saturated carbocycles. The standard InChI is InChI=1S/C15H20F3NO/c1-20-11-14(7-2-3-8-19-14)10-12-5-4-6-13(9-12)15(16,17)18/h4-6,9,19H,2-3,7-8,10-11H2,1H3. The van der Waals surface area contributed by atoms with Crippen LogP contribution in [0.1, 0.15) is 30.4 Å². The fourth-order valence-electron chi connectivity index (χ4n) is 2.88. The monoisotopic (exact) mass is 287 g/mol. The number of hydrogen-bond donors (Lipinski definition) is 1. The molecule has 1 unspecified atom stereocenters. The van der Waals surface area contributed by atoms with Crippen LogP contribution in [0.25, 0.3) is 0 Å². The lowest BCUT2D eigenvalue weighted by Gasteiger charge is -2.38. The Balaban J connectivity index is 2.18. The van der Waals surface area contributed by atoms with E-state index >= 15 is 0 Å². The molecule has 1 aliphatic heterocycles. The number of halogens is 3. The van der Waals surface area contributed by atoms with Crippen LogP contribution in [0.4, 0.5) is 13.2 Å². The van der Waals surface area contributed by atoms with E-state index in [0.29, 0.717) is 18.6 Å². The minimum Gasteiger partial charge on any atom is -0.383 e. The Hall–Kier alpha value is -1.07. The first-order chi connectivity index (χ1) is 9.45. The van der Waals surface area contributed by atoms with Crippen LogP contribution >= 0.6 is 0 Å². The van der Waals surface area contributed by atoms with Gasteiger partial charge in [0.25, 0.3) is 0 Å². The van der Waals surface area contributed by atoms with Crippen molar-refractivity contribution >= 4 is 0 Å². The van der Waals surface area contributed by atoms with Crippen molar-refractivity contribution in [1.82, 2.24) is 5.32 Å². The molecule has 1 aliphatic rings. The van der Waals surface area contributed by atoms with Gasteiger partial charge >= 0.3 is 6.18 Å². The third-order valence-electron chi connectivity index (χ3n) is 3.80. The summed E-state index contributed by atoms with van der Waals surface area (Å²) in [6.07, 6.45) is -0.615. The fraction of sp³-hybridized carbons (Fsp3) is 0.600. The van der Waals surface area contributed by atoms with Gasteiger partial charge < -0.3 is 10.1 Å². The Labute approximate surface area is 117 Å². The van der Waals surface area contributed by atoms with Crippen LogP contribution in [-0.2, 0) is 17.3 Å². The molecule has 1 fully saturated rings. The first-order valence-corrected chi connectivity index (χ1v) is 6.85. The summed E-state index contributed by atoms with van der Waals surface area (Å²) in [6, 6.07) is 5.58. The Morgan fingerprint density at radius 2 is 2.10 bits per heavy atom.